The molecule has 0 amide bonds. The third kappa shape index (κ3) is 2.18. The number of aromatic nitrogens is 1. The van der Waals surface area contributed by atoms with E-state index in [9.17, 15) is 0 Å². The van der Waals surface area contributed by atoms with Crippen LogP contribution in [0.3, 0.4) is 0 Å². The molecule has 0 aliphatic carbocycles. The minimum Gasteiger partial charge on any atom is -0.265 e. The molecule has 1 aromatic heterocycles. The lowest BCUT2D eigenvalue weighted by Gasteiger charge is -1.89. The highest BCUT2D eigenvalue weighted by molar-refractivity contribution is 5.97. The van der Waals surface area contributed by atoms with Crippen LogP contribution in [0.5, 0.6) is 0 Å². The molecular formula is C8H7N3. The number of nitriles is 1. The van der Waals surface area contributed by atoms with Crippen molar-refractivity contribution in [2.75, 3.05) is 0 Å². The van der Waals surface area contributed by atoms with Gasteiger partial charge < -0.3 is 0 Å². The van der Waals surface area contributed by atoms with Crippen LogP contribution in [0.4, 0.5) is 5.69 Å². The summed E-state index contributed by atoms with van der Waals surface area (Å²) in [6.45, 7) is 1.67. The van der Waals surface area contributed by atoms with Gasteiger partial charge >= 0.3 is 0 Å². The maximum atomic E-state index is 8.40. The summed E-state index contributed by atoms with van der Waals surface area (Å²) >= 11 is 0. The van der Waals surface area contributed by atoms with Gasteiger partial charge in [-0.25, -0.2) is 4.99 Å². The first-order valence-corrected chi connectivity index (χ1v) is 3.18. The van der Waals surface area contributed by atoms with E-state index in [1.54, 1.807) is 31.5 Å². The lowest BCUT2D eigenvalue weighted by atomic mass is 10.4. The highest BCUT2D eigenvalue weighted by Gasteiger charge is 1.87. The zero-order valence-corrected chi connectivity index (χ0v) is 6.15. The lowest BCUT2D eigenvalue weighted by molar-refractivity contribution is 1.31. The van der Waals surface area contributed by atoms with Crippen molar-refractivity contribution in [3.05, 3.63) is 24.5 Å². The Labute approximate surface area is 65.0 Å². The molecule has 0 aliphatic heterocycles. The number of hydrogen-bond acceptors (Lipinski definition) is 3. The normalized spacial score (nSPS) is 10.7. The van der Waals surface area contributed by atoms with Crippen LogP contribution in [0, 0.1) is 11.3 Å². The van der Waals surface area contributed by atoms with E-state index in [-0.39, 0.29) is 0 Å². The molecule has 0 aliphatic rings. The van der Waals surface area contributed by atoms with Gasteiger partial charge in [-0.05, 0) is 19.1 Å². The van der Waals surface area contributed by atoms with Crippen molar-refractivity contribution < 1.29 is 0 Å². The number of nitrogens with zero attached hydrogens (tertiary/aromatic N) is 3. The maximum Gasteiger partial charge on any atom is 0.115 e. The van der Waals surface area contributed by atoms with E-state index in [2.05, 4.69) is 9.98 Å². The summed E-state index contributed by atoms with van der Waals surface area (Å²) in [6.07, 6.45) is 3.28. The smallest absolute Gasteiger partial charge is 0.115 e. The Bertz CT molecular complexity index is 295. The predicted molar refractivity (Wildman–Crippen MR) is 42.6 cm³/mol. The number of rotatable bonds is 1. The zero-order chi connectivity index (χ0) is 8.10. The van der Waals surface area contributed by atoms with Crippen LogP contribution in [-0.2, 0) is 0 Å². The molecule has 3 nitrogen and oxygen atoms in total. The van der Waals surface area contributed by atoms with E-state index >= 15 is 0 Å². The van der Waals surface area contributed by atoms with Crippen molar-refractivity contribution >= 4 is 11.4 Å². The van der Waals surface area contributed by atoms with Gasteiger partial charge in [-0.2, -0.15) is 5.26 Å². The lowest BCUT2D eigenvalue weighted by Crippen LogP contribution is -1.81. The van der Waals surface area contributed by atoms with Crippen LogP contribution >= 0.6 is 0 Å². The molecule has 3 heteroatoms. The third-order valence-electron chi connectivity index (χ3n) is 1.12. The second-order valence-corrected chi connectivity index (χ2v) is 2.01. The van der Waals surface area contributed by atoms with Gasteiger partial charge in [-0.3, -0.25) is 4.98 Å². The van der Waals surface area contributed by atoms with Gasteiger partial charge in [0, 0.05) is 12.4 Å². The van der Waals surface area contributed by atoms with Gasteiger partial charge in [0.1, 0.15) is 11.8 Å². The van der Waals surface area contributed by atoms with Crippen molar-refractivity contribution in [1.82, 2.24) is 4.98 Å². The summed E-state index contributed by atoms with van der Waals surface area (Å²) in [5.74, 6) is 0. The highest BCUT2D eigenvalue weighted by Crippen LogP contribution is 2.07. The Balaban J connectivity index is 2.90. The molecule has 11 heavy (non-hydrogen) atoms. The Morgan fingerprint density at radius 3 is 2.73 bits per heavy atom. The average molecular weight is 145 g/mol. The number of hydrogen-bond donors (Lipinski definition) is 0. The van der Waals surface area contributed by atoms with Crippen molar-refractivity contribution in [3.63, 3.8) is 0 Å². The fourth-order valence-electron chi connectivity index (χ4n) is 0.637. The molecule has 0 aromatic carbocycles. The largest absolute Gasteiger partial charge is 0.265 e. The highest BCUT2D eigenvalue weighted by atomic mass is 14.8. The number of pyridine rings is 1. The molecule has 1 heterocycles. The molecule has 0 N–H and O–H groups in total. The van der Waals surface area contributed by atoms with E-state index in [1.165, 1.54) is 0 Å². The molecule has 0 atom stereocenters. The molecule has 0 fully saturated rings. The third-order valence-corrected chi connectivity index (χ3v) is 1.12. The quantitative estimate of drug-likeness (QED) is 0.564. The van der Waals surface area contributed by atoms with E-state index in [4.69, 9.17) is 5.26 Å². The summed E-state index contributed by atoms with van der Waals surface area (Å²) in [5.41, 5.74) is 1.22. The van der Waals surface area contributed by atoms with Crippen LogP contribution in [0.15, 0.2) is 29.5 Å². The van der Waals surface area contributed by atoms with E-state index in [0.717, 1.165) is 5.69 Å². The molecule has 0 spiro atoms. The van der Waals surface area contributed by atoms with Crippen molar-refractivity contribution in [1.29, 1.82) is 5.26 Å². The van der Waals surface area contributed by atoms with Crippen molar-refractivity contribution in [2.45, 2.75) is 6.92 Å². The first-order valence-electron chi connectivity index (χ1n) is 3.18. The Morgan fingerprint density at radius 1 is 1.55 bits per heavy atom. The minimum absolute atomic E-state index is 0.455. The fraction of sp³-hybridized carbons (Fsp3) is 0.125. The zero-order valence-electron chi connectivity index (χ0n) is 6.15. The molecule has 54 valence electrons. The maximum absolute atomic E-state index is 8.40. The molecule has 0 unspecified atom stereocenters. The van der Waals surface area contributed by atoms with E-state index < -0.39 is 0 Å². The van der Waals surface area contributed by atoms with Crippen LogP contribution in [-0.4, -0.2) is 10.7 Å². The van der Waals surface area contributed by atoms with Crippen LogP contribution in [0.1, 0.15) is 6.92 Å². The second kappa shape index (κ2) is 3.47. The van der Waals surface area contributed by atoms with Crippen LogP contribution in [0.25, 0.3) is 0 Å². The van der Waals surface area contributed by atoms with Gasteiger partial charge in [0.2, 0.25) is 0 Å². The minimum atomic E-state index is 0.455. The average Bonchev–Trinajstić information content (AvgIpc) is 2.06. The molecule has 0 bridgehead atoms. The van der Waals surface area contributed by atoms with Gasteiger partial charge in [0.15, 0.2) is 0 Å². The first-order chi connectivity index (χ1) is 5.33. The Morgan fingerprint density at radius 2 is 2.18 bits per heavy atom. The SMILES string of the molecule is CC(C#N)=Nc1ccncc1. The van der Waals surface area contributed by atoms with Gasteiger partial charge in [-0.1, -0.05) is 0 Å². The van der Waals surface area contributed by atoms with E-state index in [1.807, 2.05) is 6.07 Å². The first kappa shape index (κ1) is 7.42. The van der Waals surface area contributed by atoms with Crippen LogP contribution < -0.4 is 0 Å². The molecule has 1 aromatic rings. The van der Waals surface area contributed by atoms with Gasteiger partial charge in [0.05, 0.1) is 5.69 Å². The Hall–Kier alpha value is -1.69. The summed E-state index contributed by atoms with van der Waals surface area (Å²) in [6, 6.07) is 5.44. The predicted octanol–water partition coefficient (Wildman–Crippen LogP) is 1.70. The van der Waals surface area contributed by atoms with E-state index in [0.29, 0.717) is 5.71 Å². The molecule has 0 saturated heterocycles. The second-order valence-electron chi connectivity index (χ2n) is 2.01. The standard InChI is InChI=1S/C8H7N3/c1-7(6-9)11-8-2-4-10-5-3-8/h2-5H,1H3. The van der Waals surface area contributed by atoms with Crippen LogP contribution in [0.2, 0.25) is 0 Å². The topological polar surface area (TPSA) is 49.0 Å². The summed E-state index contributed by atoms with van der Waals surface area (Å²) in [7, 11) is 0. The molecule has 1 rings (SSSR count). The van der Waals surface area contributed by atoms with Gasteiger partial charge in [0.25, 0.3) is 0 Å². The monoisotopic (exact) mass is 145 g/mol. The summed E-state index contributed by atoms with van der Waals surface area (Å²) < 4.78 is 0. The Kier molecular flexibility index (Phi) is 2.34. The van der Waals surface area contributed by atoms with Crippen molar-refractivity contribution in [2.24, 2.45) is 4.99 Å². The molecule has 0 radical (unpaired) electrons. The van der Waals surface area contributed by atoms with Gasteiger partial charge in [-0.15, -0.1) is 0 Å². The fourth-order valence-corrected chi connectivity index (χ4v) is 0.637. The summed E-state index contributed by atoms with van der Waals surface area (Å²) in [4.78, 5) is 7.82. The molecular weight excluding hydrogens is 138 g/mol. The number of aliphatic imine (C=N–C) groups is 1. The molecule has 0 saturated carbocycles. The van der Waals surface area contributed by atoms with Crippen molar-refractivity contribution in [3.8, 4) is 6.07 Å². The summed E-state index contributed by atoms with van der Waals surface area (Å²) in [5, 5.41) is 8.40.